The predicted molar refractivity (Wildman–Crippen MR) is 84.7 cm³/mol. The number of nitrogens with two attached hydrogens (primary N) is 1. The number of ether oxygens (including phenoxy) is 1. The lowest BCUT2D eigenvalue weighted by Crippen LogP contribution is -2.63. The third-order valence-electron chi connectivity index (χ3n) is 5.97. The molecule has 4 atom stereocenters. The summed E-state index contributed by atoms with van der Waals surface area (Å²) in [4.78, 5) is 2.73. The fourth-order valence-corrected chi connectivity index (χ4v) is 4.37. The number of hydrogen-bond acceptors (Lipinski definition) is 3. The maximum absolute atomic E-state index is 6.34. The molecule has 2 aliphatic carbocycles. The first-order valence-corrected chi connectivity index (χ1v) is 8.51. The summed E-state index contributed by atoms with van der Waals surface area (Å²) in [5, 5.41) is 0. The minimum Gasteiger partial charge on any atom is -0.383 e. The number of hydrogen-bond donors (Lipinski definition) is 1. The normalized spacial score (nSPS) is 36.3. The zero-order chi connectivity index (χ0) is 14.8. The van der Waals surface area contributed by atoms with Gasteiger partial charge in [-0.15, -0.1) is 0 Å². The maximum Gasteiger partial charge on any atom is 0.0590 e. The van der Waals surface area contributed by atoms with Gasteiger partial charge in [0.15, 0.2) is 0 Å². The van der Waals surface area contributed by atoms with Crippen LogP contribution in [0.15, 0.2) is 0 Å². The fourth-order valence-electron chi connectivity index (χ4n) is 4.37. The second kappa shape index (κ2) is 6.76. The van der Waals surface area contributed by atoms with E-state index < -0.39 is 0 Å². The average molecular weight is 282 g/mol. The second-order valence-corrected chi connectivity index (χ2v) is 7.36. The Morgan fingerprint density at radius 1 is 1.25 bits per heavy atom. The van der Waals surface area contributed by atoms with Gasteiger partial charge >= 0.3 is 0 Å². The molecule has 0 aromatic heterocycles. The summed E-state index contributed by atoms with van der Waals surface area (Å²) in [5.41, 5.74) is 6.53. The maximum atomic E-state index is 6.34. The van der Waals surface area contributed by atoms with Gasteiger partial charge in [-0.1, -0.05) is 20.3 Å². The SMILES string of the molecule is COCCN(C(C)C1CC1)C1(CN)CC(C)CCC1C. The van der Waals surface area contributed by atoms with Crippen molar-refractivity contribution in [3.05, 3.63) is 0 Å². The summed E-state index contributed by atoms with van der Waals surface area (Å²) in [6, 6.07) is 0.654. The molecule has 20 heavy (non-hydrogen) atoms. The van der Waals surface area contributed by atoms with E-state index in [1.54, 1.807) is 0 Å². The van der Waals surface area contributed by atoms with Crippen LogP contribution in [0.4, 0.5) is 0 Å². The van der Waals surface area contributed by atoms with E-state index in [4.69, 9.17) is 10.5 Å². The van der Waals surface area contributed by atoms with Gasteiger partial charge < -0.3 is 10.5 Å². The van der Waals surface area contributed by atoms with Crippen molar-refractivity contribution in [2.45, 2.75) is 64.5 Å². The Labute approximate surface area is 125 Å². The quantitative estimate of drug-likeness (QED) is 0.780. The predicted octanol–water partition coefficient (Wildman–Crippen LogP) is 2.89. The van der Waals surface area contributed by atoms with Gasteiger partial charge in [0.2, 0.25) is 0 Å². The van der Waals surface area contributed by atoms with Crippen LogP contribution in [0.3, 0.4) is 0 Å². The van der Waals surface area contributed by atoms with Gasteiger partial charge in [-0.05, 0) is 50.4 Å². The topological polar surface area (TPSA) is 38.5 Å². The molecule has 3 nitrogen and oxygen atoms in total. The van der Waals surface area contributed by atoms with Crippen LogP contribution in [0.2, 0.25) is 0 Å². The fraction of sp³-hybridized carbons (Fsp3) is 1.00. The van der Waals surface area contributed by atoms with Crippen molar-refractivity contribution in [3.8, 4) is 0 Å². The van der Waals surface area contributed by atoms with Crippen LogP contribution in [-0.2, 0) is 4.74 Å². The molecule has 0 aliphatic heterocycles. The second-order valence-electron chi connectivity index (χ2n) is 7.36. The molecular formula is C17H34N2O. The van der Waals surface area contributed by atoms with E-state index in [1.165, 1.54) is 32.1 Å². The summed E-state index contributed by atoms with van der Waals surface area (Å²) < 4.78 is 5.38. The van der Waals surface area contributed by atoms with Crippen molar-refractivity contribution in [1.29, 1.82) is 0 Å². The molecule has 2 N–H and O–H groups in total. The minimum atomic E-state index is 0.193. The first-order chi connectivity index (χ1) is 9.55. The molecular weight excluding hydrogens is 248 g/mol. The largest absolute Gasteiger partial charge is 0.383 e. The van der Waals surface area contributed by atoms with Gasteiger partial charge in [0, 0.05) is 31.8 Å². The molecule has 2 fully saturated rings. The van der Waals surface area contributed by atoms with Crippen molar-refractivity contribution < 1.29 is 4.74 Å². The van der Waals surface area contributed by atoms with Crippen LogP contribution in [-0.4, -0.2) is 43.3 Å². The molecule has 0 saturated heterocycles. The first-order valence-electron chi connectivity index (χ1n) is 8.51. The first kappa shape index (κ1) is 16.3. The Morgan fingerprint density at radius 3 is 2.50 bits per heavy atom. The summed E-state index contributed by atoms with van der Waals surface area (Å²) in [7, 11) is 1.81. The lowest BCUT2D eigenvalue weighted by Gasteiger charge is -2.54. The lowest BCUT2D eigenvalue weighted by molar-refractivity contribution is -0.0448. The molecule has 118 valence electrons. The zero-order valence-corrected chi connectivity index (χ0v) is 13.9. The number of nitrogens with zero attached hydrogens (tertiary/aromatic N) is 1. The molecule has 0 aromatic rings. The molecule has 0 bridgehead atoms. The summed E-state index contributed by atoms with van der Waals surface area (Å²) >= 11 is 0. The van der Waals surface area contributed by atoms with Crippen molar-refractivity contribution in [1.82, 2.24) is 4.90 Å². The Bertz CT molecular complexity index is 305. The van der Waals surface area contributed by atoms with Crippen LogP contribution >= 0.6 is 0 Å². The third kappa shape index (κ3) is 3.20. The molecule has 2 aliphatic rings. The van der Waals surface area contributed by atoms with Crippen molar-refractivity contribution >= 4 is 0 Å². The van der Waals surface area contributed by atoms with Gasteiger partial charge in [-0.25, -0.2) is 0 Å². The van der Waals surface area contributed by atoms with E-state index in [1.807, 2.05) is 7.11 Å². The molecule has 2 saturated carbocycles. The molecule has 4 unspecified atom stereocenters. The summed E-state index contributed by atoms with van der Waals surface area (Å²) in [6.07, 6.45) is 6.73. The van der Waals surface area contributed by atoms with Gasteiger partial charge in [-0.2, -0.15) is 0 Å². The molecule has 0 spiro atoms. The zero-order valence-electron chi connectivity index (χ0n) is 13.9. The number of methoxy groups -OCH3 is 1. The van der Waals surface area contributed by atoms with Crippen LogP contribution in [0.1, 0.15) is 52.9 Å². The molecule has 2 rings (SSSR count). The van der Waals surface area contributed by atoms with Crippen LogP contribution in [0.25, 0.3) is 0 Å². The summed E-state index contributed by atoms with van der Waals surface area (Å²) in [5.74, 6) is 2.38. The van der Waals surface area contributed by atoms with Crippen molar-refractivity contribution in [2.24, 2.45) is 23.5 Å². The van der Waals surface area contributed by atoms with Crippen LogP contribution < -0.4 is 5.73 Å². The molecule has 0 amide bonds. The van der Waals surface area contributed by atoms with E-state index >= 15 is 0 Å². The van der Waals surface area contributed by atoms with E-state index in [9.17, 15) is 0 Å². The standard InChI is InChI=1S/C17H34N2O/c1-13-5-6-14(2)17(11-13,12-18)19(9-10-20-4)15(3)16-7-8-16/h13-16H,5-12,18H2,1-4H3. The Hall–Kier alpha value is -0.120. The Morgan fingerprint density at radius 2 is 1.95 bits per heavy atom. The molecule has 3 heteroatoms. The van der Waals surface area contributed by atoms with E-state index in [2.05, 4.69) is 25.7 Å². The highest BCUT2D eigenvalue weighted by atomic mass is 16.5. The van der Waals surface area contributed by atoms with E-state index in [0.29, 0.717) is 12.0 Å². The van der Waals surface area contributed by atoms with Gasteiger partial charge in [0.25, 0.3) is 0 Å². The Balaban J connectivity index is 2.20. The van der Waals surface area contributed by atoms with Crippen molar-refractivity contribution in [2.75, 3.05) is 26.8 Å². The highest BCUT2D eigenvalue weighted by Crippen LogP contribution is 2.45. The highest BCUT2D eigenvalue weighted by Gasteiger charge is 2.48. The van der Waals surface area contributed by atoms with E-state index in [0.717, 1.165) is 31.5 Å². The highest BCUT2D eigenvalue weighted by molar-refractivity contribution is 5.03. The number of rotatable bonds is 7. The lowest BCUT2D eigenvalue weighted by atomic mass is 9.68. The van der Waals surface area contributed by atoms with E-state index in [-0.39, 0.29) is 5.54 Å². The minimum absolute atomic E-state index is 0.193. The van der Waals surface area contributed by atoms with Crippen LogP contribution in [0.5, 0.6) is 0 Å². The van der Waals surface area contributed by atoms with Crippen molar-refractivity contribution in [3.63, 3.8) is 0 Å². The van der Waals surface area contributed by atoms with Gasteiger partial charge in [0.05, 0.1) is 6.61 Å². The van der Waals surface area contributed by atoms with Crippen LogP contribution in [0, 0.1) is 17.8 Å². The summed E-state index contributed by atoms with van der Waals surface area (Å²) in [6.45, 7) is 9.86. The average Bonchev–Trinajstić information content (AvgIpc) is 3.27. The molecule has 0 heterocycles. The third-order valence-corrected chi connectivity index (χ3v) is 5.97. The molecule has 0 radical (unpaired) electrons. The monoisotopic (exact) mass is 282 g/mol. The smallest absolute Gasteiger partial charge is 0.0590 e. The Kier molecular flexibility index (Phi) is 5.49. The van der Waals surface area contributed by atoms with Gasteiger partial charge in [0.1, 0.15) is 0 Å². The van der Waals surface area contributed by atoms with Gasteiger partial charge in [-0.3, -0.25) is 4.90 Å². The molecule has 0 aromatic carbocycles.